The lowest BCUT2D eigenvalue weighted by molar-refractivity contribution is 0.604. The molecule has 0 aromatic carbocycles. The molecule has 98 valence electrons. The summed E-state index contributed by atoms with van der Waals surface area (Å²) in [7, 11) is 1.98. The maximum absolute atomic E-state index is 6.23. The van der Waals surface area contributed by atoms with Crippen molar-refractivity contribution in [2.75, 3.05) is 7.05 Å². The summed E-state index contributed by atoms with van der Waals surface area (Å²) in [5, 5.41) is 6.26. The second-order valence-corrected chi connectivity index (χ2v) is 7.78. The lowest BCUT2D eigenvalue weighted by atomic mass is 9.95. The third kappa shape index (κ3) is 2.80. The topological polar surface area (TPSA) is 12.0 Å². The van der Waals surface area contributed by atoms with Crippen LogP contribution in [0.4, 0.5) is 0 Å². The highest BCUT2D eigenvalue weighted by molar-refractivity contribution is 7.13. The van der Waals surface area contributed by atoms with Crippen LogP contribution in [-0.2, 0) is 5.41 Å². The third-order valence-electron chi connectivity index (χ3n) is 2.85. The van der Waals surface area contributed by atoms with Gasteiger partial charge in [-0.05, 0) is 36.0 Å². The number of rotatable bonds is 3. The van der Waals surface area contributed by atoms with E-state index in [4.69, 9.17) is 11.6 Å². The first kappa shape index (κ1) is 14.1. The van der Waals surface area contributed by atoms with Gasteiger partial charge in [0.15, 0.2) is 0 Å². The van der Waals surface area contributed by atoms with Crippen molar-refractivity contribution in [2.24, 2.45) is 0 Å². The van der Waals surface area contributed by atoms with Gasteiger partial charge in [0.2, 0.25) is 0 Å². The maximum atomic E-state index is 6.23. The summed E-state index contributed by atoms with van der Waals surface area (Å²) in [6, 6.07) is 6.61. The van der Waals surface area contributed by atoms with Crippen molar-refractivity contribution in [2.45, 2.75) is 32.2 Å². The standard InChI is InChI=1S/C14H18ClNS2/c1-14(2,3)11-6-5-10(18-11)12(16-4)13-9(15)7-8-17-13/h5-8,12,16H,1-4H3. The van der Waals surface area contributed by atoms with Crippen LogP contribution in [0.1, 0.15) is 41.4 Å². The highest BCUT2D eigenvalue weighted by Crippen LogP contribution is 2.38. The van der Waals surface area contributed by atoms with Crippen LogP contribution < -0.4 is 5.32 Å². The zero-order valence-electron chi connectivity index (χ0n) is 11.1. The summed E-state index contributed by atoms with van der Waals surface area (Å²) in [5.41, 5.74) is 0.209. The molecular formula is C14H18ClNS2. The van der Waals surface area contributed by atoms with Gasteiger partial charge in [0.25, 0.3) is 0 Å². The monoisotopic (exact) mass is 299 g/mol. The highest BCUT2D eigenvalue weighted by atomic mass is 35.5. The van der Waals surface area contributed by atoms with Crippen molar-refractivity contribution < 1.29 is 0 Å². The normalized spacial score (nSPS) is 13.8. The summed E-state index contributed by atoms with van der Waals surface area (Å²) >= 11 is 9.81. The third-order valence-corrected chi connectivity index (χ3v) is 5.85. The molecule has 2 heterocycles. The zero-order chi connectivity index (χ0) is 13.3. The second-order valence-electron chi connectivity index (χ2n) is 5.31. The van der Waals surface area contributed by atoms with Gasteiger partial charge in [-0.15, -0.1) is 22.7 Å². The van der Waals surface area contributed by atoms with E-state index in [1.807, 2.05) is 29.8 Å². The number of thiophene rings is 2. The van der Waals surface area contributed by atoms with E-state index in [1.165, 1.54) is 14.6 Å². The van der Waals surface area contributed by atoms with Crippen molar-refractivity contribution in [1.82, 2.24) is 5.32 Å². The van der Waals surface area contributed by atoms with Crippen molar-refractivity contribution in [3.05, 3.63) is 43.2 Å². The second kappa shape index (κ2) is 5.33. The molecule has 0 bridgehead atoms. The van der Waals surface area contributed by atoms with Gasteiger partial charge in [-0.25, -0.2) is 0 Å². The van der Waals surface area contributed by atoms with E-state index in [0.29, 0.717) is 0 Å². The van der Waals surface area contributed by atoms with Gasteiger partial charge in [0.1, 0.15) is 0 Å². The Hall–Kier alpha value is -0.350. The van der Waals surface area contributed by atoms with Gasteiger partial charge in [-0.1, -0.05) is 32.4 Å². The quantitative estimate of drug-likeness (QED) is 0.834. The number of hydrogen-bond donors (Lipinski definition) is 1. The SMILES string of the molecule is CNC(c1ccc(C(C)(C)C)s1)c1sccc1Cl. The Bertz CT molecular complexity index is 522. The van der Waals surface area contributed by atoms with Gasteiger partial charge < -0.3 is 5.32 Å². The van der Waals surface area contributed by atoms with Crippen LogP contribution in [-0.4, -0.2) is 7.05 Å². The van der Waals surface area contributed by atoms with Crippen LogP contribution in [0.3, 0.4) is 0 Å². The van der Waals surface area contributed by atoms with Crippen LogP contribution in [0, 0.1) is 0 Å². The van der Waals surface area contributed by atoms with Crippen LogP contribution >= 0.6 is 34.3 Å². The number of hydrogen-bond acceptors (Lipinski definition) is 3. The molecule has 0 spiro atoms. The van der Waals surface area contributed by atoms with Crippen molar-refractivity contribution >= 4 is 34.3 Å². The molecule has 0 amide bonds. The number of nitrogens with one attached hydrogen (secondary N) is 1. The minimum absolute atomic E-state index is 0.207. The fraction of sp³-hybridized carbons (Fsp3) is 0.429. The minimum atomic E-state index is 0.207. The Morgan fingerprint density at radius 1 is 1.22 bits per heavy atom. The van der Waals surface area contributed by atoms with Gasteiger partial charge in [0, 0.05) is 14.6 Å². The largest absolute Gasteiger partial charge is 0.308 e. The molecule has 18 heavy (non-hydrogen) atoms. The summed E-state index contributed by atoms with van der Waals surface area (Å²) in [5.74, 6) is 0. The molecule has 0 radical (unpaired) electrons. The fourth-order valence-corrected chi connectivity index (χ4v) is 4.38. The molecule has 0 saturated heterocycles. The van der Waals surface area contributed by atoms with Crippen molar-refractivity contribution in [3.63, 3.8) is 0 Å². The van der Waals surface area contributed by atoms with E-state index >= 15 is 0 Å². The molecule has 1 nitrogen and oxygen atoms in total. The van der Waals surface area contributed by atoms with E-state index in [0.717, 1.165) is 5.02 Å². The molecule has 1 N–H and O–H groups in total. The van der Waals surface area contributed by atoms with E-state index in [2.05, 4.69) is 38.2 Å². The Morgan fingerprint density at radius 3 is 2.39 bits per heavy atom. The van der Waals surface area contributed by atoms with Crippen LogP contribution in [0.2, 0.25) is 5.02 Å². The molecule has 0 aliphatic rings. The molecule has 0 fully saturated rings. The van der Waals surface area contributed by atoms with Gasteiger partial charge in [-0.2, -0.15) is 0 Å². The van der Waals surface area contributed by atoms with Gasteiger partial charge in [-0.3, -0.25) is 0 Å². The van der Waals surface area contributed by atoms with Crippen LogP contribution in [0.25, 0.3) is 0 Å². The van der Waals surface area contributed by atoms with Gasteiger partial charge >= 0.3 is 0 Å². The molecular weight excluding hydrogens is 282 g/mol. The molecule has 4 heteroatoms. The Kier molecular flexibility index (Phi) is 4.17. The van der Waals surface area contributed by atoms with Crippen molar-refractivity contribution in [3.8, 4) is 0 Å². The highest BCUT2D eigenvalue weighted by Gasteiger charge is 2.22. The van der Waals surface area contributed by atoms with E-state index in [1.54, 1.807) is 11.3 Å². The first-order chi connectivity index (χ1) is 8.43. The molecule has 1 atom stereocenters. The molecule has 1 unspecified atom stereocenters. The predicted molar refractivity (Wildman–Crippen MR) is 83.3 cm³/mol. The Labute approximate surface area is 122 Å². The summed E-state index contributed by atoms with van der Waals surface area (Å²) in [6.07, 6.45) is 0. The Balaban J connectivity index is 2.35. The minimum Gasteiger partial charge on any atom is -0.308 e. The summed E-state index contributed by atoms with van der Waals surface area (Å²) in [4.78, 5) is 3.93. The van der Waals surface area contributed by atoms with Gasteiger partial charge in [0.05, 0.1) is 11.1 Å². The Morgan fingerprint density at radius 2 is 1.94 bits per heavy atom. The number of halogens is 1. The molecule has 0 aliphatic heterocycles. The predicted octanol–water partition coefficient (Wildman–Crippen LogP) is 5.07. The molecule has 2 rings (SSSR count). The van der Waals surface area contributed by atoms with E-state index in [9.17, 15) is 0 Å². The van der Waals surface area contributed by atoms with E-state index < -0.39 is 0 Å². The average Bonchev–Trinajstić information content (AvgIpc) is 2.89. The van der Waals surface area contributed by atoms with Crippen molar-refractivity contribution in [1.29, 1.82) is 0 Å². The van der Waals surface area contributed by atoms with Crippen LogP contribution in [0.15, 0.2) is 23.6 Å². The van der Waals surface area contributed by atoms with E-state index in [-0.39, 0.29) is 11.5 Å². The smallest absolute Gasteiger partial charge is 0.0777 e. The summed E-state index contributed by atoms with van der Waals surface area (Å²) < 4.78 is 0. The summed E-state index contributed by atoms with van der Waals surface area (Å²) in [6.45, 7) is 6.74. The maximum Gasteiger partial charge on any atom is 0.0777 e. The fourth-order valence-electron chi connectivity index (χ4n) is 1.83. The lowest BCUT2D eigenvalue weighted by Crippen LogP contribution is -2.15. The molecule has 0 saturated carbocycles. The van der Waals surface area contributed by atoms with Crippen LogP contribution in [0.5, 0.6) is 0 Å². The molecule has 0 aliphatic carbocycles. The zero-order valence-corrected chi connectivity index (χ0v) is 13.5. The molecule has 2 aromatic heterocycles. The first-order valence-corrected chi connectivity index (χ1v) is 8.01. The average molecular weight is 300 g/mol. The lowest BCUT2D eigenvalue weighted by Gasteiger charge is -2.17. The first-order valence-electron chi connectivity index (χ1n) is 5.94. The molecule has 2 aromatic rings.